The third kappa shape index (κ3) is 4.19. The molecule has 0 radical (unpaired) electrons. The van der Waals surface area contributed by atoms with Crippen LogP contribution in [-0.2, 0) is 10.0 Å². The number of rotatable bonds is 7. The number of anilines is 2. The lowest BCUT2D eigenvalue weighted by Crippen LogP contribution is -2.31. The van der Waals surface area contributed by atoms with Gasteiger partial charge in [-0.25, -0.2) is 8.42 Å². The van der Waals surface area contributed by atoms with E-state index in [4.69, 9.17) is 16.0 Å². The van der Waals surface area contributed by atoms with Crippen LogP contribution in [0.5, 0.6) is 0 Å². The minimum Gasteiger partial charge on any atom is -0.440 e. The van der Waals surface area contributed by atoms with Gasteiger partial charge in [0.15, 0.2) is 11.0 Å². The monoisotopic (exact) mass is 425 g/mol. The van der Waals surface area contributed by atoms with Crippen LogP contribution in [0.2, 0.25) is 5.22 Å². The summed E-state index contributed by atoms with van der Waals surface area (Å²) in [5.41, 5.74) is 1.23. The van der Waals surface area contributed by atoms with Crippen molar-refractivity contribution in [3.05, 3.63) is 41.3 Å². The van der Waals surface area contributed by atoms with E-state index in [0.29, 0.717) is 18.8 Å². The molecule has 3 rings (SSSR count). The second-order valence-corrected chi connectivity index (χ2v) is 8.83. The number of furan rings is 1. The van der Waals surface area contributed by atoms with Crippen molar-refractivity contribution in [2.24, 2.45) is 0 Å². The van der Waals surface area contributed by atoms with Crippen LogP contribution >= 0.6 is 11.6 Å². The fraction of sp³-hybridized carbons (Fsp3) is 0.421. The smallest absolute Gasteiger partial charge is 0.291 e. The van der Waals surface area contributed by atoms with Crippen LogP contribution in [0.3, 0.4) is 0 Å². The van der Waals surface area contributed by atoms with Gasteiger partial charge in [0, 0.05) is 26.2 Å². The number of hydrogen-bond acceptors (Lipinski definition) is 5. The minimum absolute atomic E-state index is 0.0642. The van der Waals surface area contributed by atoms with Crippen molar-refractivity contribution in [3.8, 4) is 0 Å². The maximum Gasteiger partial charge on any atom is 0.291 e. The van der Waals surface area contributed by atoms with Gasteiger partial charge in [-0.05, 0) is 54.8 Å². The van der Waals surface area contributed by atoms with Crippen molar-refractivity contribution in [2.45, 2.75) is 31.6 Å². The summed E-state index contributed by atoms with van der Waals surface area (Å²) in [5, 5.41) is 2.90. The van der Waals surface area contributed by atoms with E-state index >= 15 is 0 Å². The SMILES string of the molecule is CCN(CC)S(=O)(=O)c1ccc(N2CCCC2)c(NC(=O)c2ccc(Cl)o2)c1. The number of amides is 1. The molecule has 1 N–H and O–H groups in total. The Kier molecular flexibility index (Phi) is 6.32. The molecule has 1 aromatic heterocycles. The van der Waals surface area contributed by atoms with Gasteiger partial charge in [0.1, 0.15) is 0 Å². The first-order valence-electron chi connectivity index (χ1n) is 9.32. The molecule has 2 aromatic rings. The number of benzene rings is 1. The predicted octanol–water partition coefficient (Wildman–Crippen LogP) is 3.82. The summed E-state index contributed by atoms with van der Waals surface area (Å²) in [6, 6.07) is 7.83. The maximum absolute atomic E-state index is 12.9. The highest BCUT2D eigenvalue weighted by molar-refractivity contribution is 7.89. The van der Waals surface area contributed by atoms with Gasteiger partial charge in [0.2, 0.25) is 10.0 Å². The highest BCUT2D eigenvalue weighted by Gasteiger charge is 2.25. The second kappa shape index (κ2) is 8.55. The van der Waals surface area contributed by atoms with Crippen LogP contribution < -0.4 is 10.2 Å². The molecular formula is C19H24ClN3O4S. The van der Waals surface area contributed by atoms with E-state index in [1.54, 1.807) is 26.0 Å². The van der Waals surface area contributed by atoms with E-state index in [2.05, 4.69) is 10.2 Å². The van der Waals surface area contributed by atoms with E-state index in [0.717, 1.165) is 31.6 Å². The molecule has 0 spiro atoms. The normalized spacial score (nSPS) is 14.6. The van der Waals surface area contributed by atoms with Crippen LogP contribution in [0, 0.1) is 0 Å². The highest BCUT2D eigenvalue weighted by Crippen LogP contribution is 2.33. The van der Waals surface area contributed by atoms with Gasteiger partial charge >= 0.3 is 0 Å². The van der Waals surface area contributed by atoms with Gasteiger partial charge < -0.3 is 14.6 Å². The molecule has 1 aliphatic rings. The van der Waals surface area contributed by atoms with Crippen LogP contribution in [0.15, 0.2) is 39.6 Å². The minimum atomic E-state index is -3.64. The van der Waals surface area contributed by atoms with Crippen molar-refractivity contribution in [3.63, 3.8) is 0 Å². The Labute approximate surface area is 170 Å². The van der Waals surface area contributed by atoms with Crippen molar-refractivity contribution in [1.29, 1.82) is 0 Å². The summed E-state index contributed by atoms with van der Waals surface area (Å²) < 4.78 is 32.4. The molecule has 1 aliphatic heterocycles. The number of carbonyl (C=O) groups is 1. The van der Waals surface area contributed by atoms with Gasteiger partial charge in [-0.15, -0.1) is 0 Å². The van der Waals surface area contributed by atoms with Crippen molar-refractivity contribution >= 4 is 38.9 Å². The molecule has 28 heavy (non-hydrogen) atoms. The van der Waals surface area contributed by atoms with E-state index in [1.165, 1.54) is 22.5 Å². The molecule has 0 bridgehead atoms. The van der Waals surface area contributed by atoms with Crippen molar-refractivity contribution in [1.82, 2.24) is 4.31 Å². The van der Waals surface area contributed by atoms with Crippen LogP contribution in [0.4, 0.5) is 11.4 Å². The lowest BCUT2D eigenvalue weighted by molar-refractivity contribution is 0.0996. The third-order valence-corrected chi connectivity index (χ3v) is 7.05. The molecule has 0 aliphatic carbocycles. The number of sulfonamides is 1. The van der Waals surface area contributed by atoms with Crippen LogP contribution in [0.1, 0.15) is 37.2 Å². The van der Waals surface area contributed by atoms with E-state index < -0.39 is 15.9 Å². The zero-order chi connectivity index (χ0) is 20.3. The Hall–Kier alpha value is -2.03. The average Bonchev–Trinajstić information content (AvgIpc) is 3.34. The number of nitrogens with one attached hydrogen (secondary N) is 1. The van der Waals surface area contributed by atoms with Crippen molar-refractivity contribution in [2.75, 3.05) is 36.4 Å². The zero-order valence-electron chi connectivity index (χ0n) is 15.9. The predicted molar refractivity (Wildman–Crippen MR) is 110 cm³/mol. The molecule has 1 amide bonds. The molecule has 0 saturated carbocycles. The first-order valence-corrected chi connectivity index (χ1v) is 11.1. The average molecular weight is 426 g/mol. The Morgan fingerprint density at radius 1 is 1.18 bits per heavy atom. The highest BCUT2D eigenvalue weighted by atomic mass is 35.5. The summed E-state index contributed by atoms with van der Waals surface area (Å²) >= 11 is 5.75. The van der Waals surface area contributed by atoms with Gasteiger partial charge in [0.05, 0.1) is 16.3 Å². The maximum atomic E-state index is 12.9. The fourth-order valence-electron chi connectivity index (χ4n) is 3.34. The molecule has 7 nitrogen and oxygen atoms in total. The lowest BCUT2D eigenvalue weighted by Gasteiger charge is -2.24. The lowest BCUT2D eigenvalue weighted by atomic mass is 10.2. The fourth-order valence-corrected chi connectivity index (χ4v) is 4.97. The summed E-state index contributed by atoms with van der Waals surface area (Å²) in [6.07, 6.45) is 2.11. The molecule has 1 saturated heterocycles. The summed E-state index contributed by atoms with van der Waals surface area (Å²) in [7, 11) is -3.64. The number of nitrogens with zero attached hydrogens (tertiary/aromatic N) is 2. The quantitative estimate of drug-likeness (QED) is 0.729. The number of hydrogen-bond donors (Lipinski definition) is 1. The molecule has 9 heteroatoms. The first-order chi connectivity index (χ1) is 13.4. The van der Waals surface area contributed by atoms with E-state index in [1.807, 2.05) is 0 Å². The van der Waals surface area contributed by atoms with Crippen LogP contribution in [-0.4, -0.2) is 44.8 Å². The zero-order valence-corrected chi connectivity index (χ0v) is 17.5. The summed E-state index contributed by atoms with van der Waals surface area (Å²) in [6.45, 7) is 6.06. The number of carbonyl (C=O) groups excluding carboxylic acids is 1. The molecule has 0 atom stereocenters. The molecule has 1 fully saturated rings. The van der Waals surface area contributed by atoms with Crippen molar-refractivity contribution < 1.29 is 17.6 Å². The van der Waals surface area contributed by atoms with Gasteiger partial charge in [-0.2, -0.15) is 4.31 Å². The van der Waals surface area contributed by atoms with Crippen LogP contribution in [0.25, 0.3) is 0 Å². The molecule has 2 heterocycles. The second-order valence-electron chi connectivity index (χ2n) is 6.52. The Balaban J connectivity index is 1.99. The van der Waals surface area contributed by atoms with Gasteiger partial charge in [0.25, 0.3) is 5.91 Å². The van der Waals surface area contributed by atoms with Gasteiger partial charge in [-0.1, -0.05) is 13.8 Å². The number of halogens is 1. The summed E-state index contributed by atoms with van der Waals surface area (Å²) in [5.74, 6) is -0.417. The Bertz CT molecular complexity index is 948. The molecule has 1 aromatic carbocycles. The molecule has 0 unspecified atom stereocenters. The Morgan fingerprint density at radius 2 is 1.86 bits per heavy atom. The largest absolute Gasteiger partial charge is 0.440 e. The topological polar surface area (TPSA) is 82.9 Å². The third-order valence-electron chi connectivity index (χ3n) is 4.80. The standard InChI is InChI=1S/C19H24ClN3O4S/c1-3-23(4-2)28(25,26)14-7-8-16(22-11-5-6-12-22)15(13-14)21-19(24)17-9-10-18(20)27-17/h7-10,13H,3-6,11-12H2,1-2H3,(H,21,24). The Morgan fingerprint density at radius 3 is 2.43 bits per heavy atom. The molecular weight excluding hydrogens is 402 g/mol. The van der Waals surface area contributed by atoms with Gasteiger partial charge in [-0.3, -0.25) is 4.79 Å². The molecule has 152 valence electrons. The van der Waals surface area contributed by atoms with E-state index in [9.17, 15) is 13.2 Å². The first kappa shape index (κ1) is 20.7. The summed E-state index contributed by atoms with van der Waals surface area (Å²) in [4.78, 5) is 14.8. The van der Waals surface area contributed by atoms with E-state index in [-0.39, 0.29) is 15.9 Å².